The molecule has 0 radical (unpaired) electrons. The van der Waals surface area contributed by atoms with E-state index in [-0.39, 0.29) is 24.2 Å². The highest BCUT2D eigenvalue weighted by molar-refractivity contribution is 5.76. The van der Waals surface area contributed by atoms with Crippen LogP contribution in [0.15, 0.2) is 30.6 Å². The summed E-state index contributed by atoms with van der Waals surface area (Å²) in [5, 5.41) is 27.3. The number of carbonyl (C=O) groups is 1. The van der Waals surface area contributed by atoms with Crippen molar-refractivity contribution in [1.82, 2.24) is 19.6 Å². The molecule has 2 N–H and O–H groups in total. The lowest BCUT2D eigenvalue weighted by Crippen LogP contribution is -2.68. The van der Waals surface area contributed by atoms with E-state index in [1.807, 2.05) is 30.2 Å². The number of aryl methyl sites for hydroxylation is 2. The van der Waals surface area contributed by atoms with Crippen LogP contribution in [-0.4, -0.2) is 73.5 Å². The van der Waals surface area contributed by atoms with E-state index in [1.54, 1.807) is 16.9 Å². The van der Waals surface area contributed by atoms with Crippen LogP contribution in [0.4, 0.5) is 0 Å². The summed E-state index contributed by atoms with van der Waals surface area (Å²) >= 11 is 0. The molecule has 2 aliphatic heterocycles. The average molecular weight is 467 g/mol. The number of aromatic hydroxyl groups is 1. The number of nitrogens with zero attached hydrogens (tertiary/aromatic N) is 4. The van der Waals surface area contributed by atoms with Crippen molar-refractivity contribution in [2.45, 2.75) is 76.5 Å². The Balaban J connectivity index is 1.48. The van der Waals surface area contributed by atoms with Crippen molar-refractivity contribution in [3.8, 4) is 5.75 Å². The first-order valence-corrected chi connectivity index (χ1v) is 12.8. The van der Waals surface area contributed by atoms with Crippen LogP contribution in [0.2, 0.25) is 0 Å². The number of hydrogen-bond donors (Lipinski definition) is 2. The third-order valence-electron chi connectivity index (χ3n) is 8.80. The van der Waals surface area contributed by atoms with Gasteiger partial charge in [0.05, 0.1) is 11.8 Å². The number of benzene rings is 1. The fourth-order valence-corrected chi connectivity index (χ4v) is 6.53. The molecule has 3 atom stereocenters. The minimum Gasteiger partial charge on any atom is -0.508 e. The van der Waals surface area contributed by atoms with Crippen LogP contribution in [0.25, 0.3) is 0 Å². The first-order chi connectivity index (χ1) is 16.2. The lowest BCUT2D eigenvalue weighted by Gasteiger charge is -2.57. The summed E-state index contributed by atoms with van der Waals surface area (Å²) in [6.07, 6.45) is 8.25. The van der Waals surface area contributed by atoms with Crippen LogP contribution in [0.3, 0.4) is 0 Å². The number of aliphatic hydroxyl groups is 1. The Morgan fingerprint density at radius 1 is 1.15 bits per heavy atom. The van der Waals surface area contributed by atoms with Gasteiger partial charge in [-0.3, -0.25) is 14.4 Å². The largest absolute Gasteiger partial charge is 0.508 e. The van der Waals surface area contributed by atoms with E-state index in [0.717, 1.165) is 42.1 Å². The van der Waals surface area contributed by atoms with E-state index in [1.165, 1.54) is 12.8 Å². The number of phenols is 1. The molecule has 3 aliphatic rings. The highest BCUT2D eigenvalue weighted by Crippen LogP contribution is 2.53. The zero-order valence-corrected chi connectivity index (χ0v) is 20.7. The first kappa shape index (κ1) is 23.4. The van der Waals surface area contributed by atoms with E-state index >= 15 is 0 Å². The molecule has 1 aromatic heterocycles. The fraction of sp³-hybridized carbons (Fsp3) is 0.630. The van der Waals surface area contributed by atoms with Gasteiger partial charge in [0, 0.05) is 37.3 Å². The van der Waals surface area contributed by atoms with Crippen LogP contribution >= 0.6 is 0 Å². The zero-order chi connectivity index (χ0) is 24.1. The molecule has 1 amide bonds. The van der Waals surface area contributed by atoms with E-state index in [9.17, 15) is 15.0 Å². The lowest BCUT2D eigenvalue weighted by atomic mass is 9.57. The summed E-state index contributed by atoms with van der Waals surface area (Å²) < 4.78 is 1.69. The quantitative estimate of drug-likeness (QED) is 0.708. The van der Waals surface area contributed by atoms with Crippen LogP contribution < -0.4 is 0 Å². The predicted molar refractivity (Wildman–Crippen MR) is 131 cm³/mol. The Morgan fingerprint density at radius 3 is 2.59 bits per heavy atom. The maximum atomic E-state index is 13.2. The van der Waals surface area contributed by atoms with Crippen LogP contribution in [0.5, 0.6) is 5.75 Å². The second kappa shape index (κ2) is 8.68. The third kappa shape index (κ3) is 4.03. The molecule has 0 spiro atoms. The molecule has 5 rings (SSSR count). The molecular formula is C27H38N4O3. The smallest absolute Gasteiger partial charge is 0.244 e. The number of fused-ring (bicyclic) bond motifs is 1. The minimum absolute atomic E-state index is 0.0209. The Hall–Kier alpha value is -2.38. The van der Waals surface area contributed by atoms with Crippen molar-refractivity contribution in [3.63, 3.8) is 0 Å². The third-order valence-corrected chi connectivity index (χ3v) is 8.80. The fourth-order valence-electron chi connectivity index (χ4n) is 6.53. The molecule has 0 bridgehead atoms. The summed E-state index contributed by atoms with van der Waals surface area (Å²) in [7, 11) is 0. The summed E-state index contributed by atoms with van der Waals surface area (Å²) in [4.78, 5) is 17.6. The SMILES string of the molecule is Cc1cnn(CC(=O)N2CCC3(c4cc(O)ccc4C)CCN(CC4CC4)C(C)C3(O)CC2)c1. The highest BCUT2D eigenvalue weighted by atomic mass is 16.3. The van der Waals surface area contributed by atoms with Gasteiger partial charge in [-0.2, -0.15) is 5.10 Å². The second-order valence-corrected chi connectivity index (χ2v) is 11.0. The number of amides is 1. The summed E-state index contributed by atoms with van der Waals surface area (Å²) in [5.41, 5.74) is 1.66. The van der Waals surface area contributed by atoms with Gasteiger partial charge in [-0.05, 0) is 94.2 Å². The van der Waals surface area contributed by atoms with Gasteiger partial charge in [0.25, 0.3) is 0 Å². The Morgan fingerprint density at radius 2 is 1.88 bits per heavy atom. The molecule has 7 heteroatoms. The molecule has 3 heterocycles. The van der Waals surface area contributed by atoms with Crippen molar-refractivity contribution in [2.24, 2.45) is 5.92 Å². The van der Waals surface area contributed by atoms with E-state index < -0.39 is 11.0 Å². The Bertz CT molecular complexity index is 1060. The molecule has 1 saturated carbocycles. The van der Waals surface area contributed by atoms with Crippen molar-refractivity contribution in [3.05, 3.63) is 47.3 Å². The van der Waals surface area contributed by atoms with Gasteiger partial charge in [0.15, 0.2) is 0 Å². The predicted octanol–water partition coefficient (Wildman–Crippen LogP) is 3.00. The second-order valence-electron chi connectivity index (χ2n) is 11.0. The van der Waals surface area contributed by atoms with Crippen molar-refractivity contribution < 1.29 is 15.0 Å². The van der Waals surface area contributed by atoms with Gasteiger partial charge in [-0.1, -0.05) is 6.07 Å². The van der Waals surface area contributed by atoms with Gasteiger partial charge >= 0.3 is 0 Å². The van der Waals surface area contributed by atoms with Crippen LogP contribution in [-0.2, 0) is 16.8 Å². The molecule has 1 aromatic carbocycles. The van der Waals surface area contributed by atoms with Crippen molar-refractivity contribution >= 4 is 5.91 Å². The van der Waals surface area contributed by atoms with Gasteiger partial charge < -0.3 is 15.1 Å². The molecule has 3 fully saturated rings. The molecule has 2 aromatic rings. The topological polar surface area (TPSA) is 81.8 Å². The summed E-state index contributed by atoms with van der Waals surface area (Å²) in [6, 6.07) is 5.51. The molecule has 7 nitrogen and oxygen atoms in total. The van der Waals surface area contributed by atoms with E-state index in [0.29, 0.717) is 25.9 Å². The van der Waals surface area contributed by atoms with E-state index in [4.69, 9.17) is 0 Å². The van der Waals surface area contributed by atoms with Gasteiger partial charge in [-0.15, -0.1) is 0 Å². The van der Waals surface area contributed by atoms with Crippen LogP contribution in [0.1, 0.15) is 55.7 Å². The normalized spacial score (nSPS) is 30.1. The monoisotopic (exact) mass is 466 g/mol. The molecular weight excluding hydrogens is 428 g/mol. The Kier molecular flexibility index (Phi) is 5.97. The number of likely N-dealkylation sites (tertiary alicyclic amines) is 2. The standard InChI is InChI=1S/C27H38N4O3/c1-19-15-28-31(16-19)18-25(33)29-11-8-26(24-14-23(32)7-4-20(24)2)9-12-30(17-22-5-6-22)21(3)27(26,34)10-13-29/h4,7,14-16,21-22,32,34H,5-6,8-13,17-18H2,1-3H3. The summed E-state index contributed by atoms with van der Waals surface area (Å²) in [5.74, 6) is 1.02. The maximum Gasteiger partial charge on any atom is 0.244 e. The van der Waals surface area contributed by atoms with Gasteiger partial charge in [0.1, 0.15) is 12.3 Å². The number of rotatable bonds is 5. The highest BCUT2D eigenvalue weighted by Gasteiger charge is 2.59. The number of phenolic OH excluding ortho intramolecular Hbond substituents is 1. The van der Waals surface area contributed by atoms with Gasteiger partial charge in [-0.25, -0.2) is 0 Å². The first-order valence-electron chi connectivity index (χ1n) is 12.8. The van der Waals surface area contributed by atoms with Crippen molar-refractivity contribution in [1.29, 1.82) is 0 Å². The van der Waals surface area contributed by atoms with E-state index in [2.05, 4.69) is 23.8 Å². The minimum atomic E-state index is -0.990. The number of carbonyl (C=O) groups excluding carboxylic acids is 1. The van der Waals surface area contributed by atoms with Crippen LogP contribution in [0, 0.1) is 19.8 Å². The summed E-state index contributed by atoms with van der Waals surface area (Å²) in [6.45, 7) is 9.50. The maximum absolute atomic E-state index is 13.2. The zero-order valence-electron chi connectivity index (χ0n) is 20.7. The molecule has 34 heavy (non-hydrogen) atoms. The number of aromatic nitrogens is 2. The lowest BCUT2D eigenvalue weighted by molar-refractivity contribution is -0.137. The number of hydrogen-bond acceptors (Lipinski definition) is 5. The number of piperidine rings is 1. The Labute approximate surface area is 202 Å². The molecule has 184 valence electrons. The van der Waals surface area contributed by atoms with Crippen molar-refractivity contribution in [2.75, 3.05) is 26.2 Å². The average Bonchev–Trinajstić information content (AvgIpc) is 3.56. The molecule has 3 unspecified atom stereocenters. The molecule has 2 saturated heterocycles. The van der Waals surface area contributed by atoms with Gasteiger partial charge in [0.2, 0.25) is 5.91 Å². The molecule has 1 aliphatic carbocycles.